The number of aromatic nitrogens is 1. The Hall–Kier alpha value is -4.74. The number of anilines is 1. The van der Waals surface area contributed by atoms with Crippen molar-refractivity contribution in [2.75, 3.05) is 11.6 Å². The van der Waals surface area contributed by atoms with Crippen molar-refractivity contribution in [2.45, 2.75) is 25.4 Å². The van der Waals surface area contributed by atoms with Gasteiger partial charge in [0.25, 0.3) is 0 Å². The molecule has 0 radical (unpaired) electrons. The number of ether oxygens (including phenoxy) is 1. The quantitative estimate of drug-likeness (QED) is 0.184. The molecule has 2 heterocycles. The number of aryl methyl sites for hydroxylation is 1. The van der Waals surface area contributed by atoms with E-state index in [-0.39, 0.29) is 12.0 Å². The minimum atomic E-state index is -0.721. The van der Waals surface area contributed by atoms with E-state index < -0.39 is 5.54 Å². The lowest BCUT2D eigenvalue weighted by molar-refractivity contribution is 0.0526. The standard InChI is InChI=1S/C35H31N3O2/c1-3-40-34(39)27-19-20-32-31(24-27)33(26-21-22-36-25(2)23-26)37-38(32)35(28-13-7-4-8-14-28,29-15-9-5-10-16-29)30-17-11-6-12-18-30/h4-24,33,37H,3H2,1-2H3. The van der Waals surface area contributed by atoms with Crippen LogP contribution in [-0.2, 0) is 10.3 Å². The Morgan fingerprint density at radius 1 is 0.825 bits per heavy atom. The Morgan fingerprint density at radius 2 is 1.40 bits per heavy atom. The van der Waals surface area contributed by atoms with Gasteiger partial charge in [-0.3, -0.25) is 9.99 Å². The molecule has 0 spiro atoms. The molecule has 5 heteroatoms. The van der Waals surface area contributed by atoms with Crippen molar-refractivity contribution in [1.29, 1.82) is 0 Å². The van der Waals surface area contributed by atoms with E-state index in [9.17, 15) is 4.79 Å². The zero-order valence-electron chi connectivity index (χ0n) is 22.6. The van der Waals surface area contributed by atoms with Crippen molar-refractivity contribution in [1.82, 2.24) is 10.4 Å². The molecule has 198 valence electrons. The van der Waals surface area contributed by atoms with Gasteiger partial charge in [0.15, 0.2) is 0 Å². The number of hydrogen-bond acceptors (Lipinski definition) is 5. The lowest BCUT2D eigenvalue weighted by Gasteiger charge is -2.45. The van der Waals surface area contributed by atoms with Crippen molar-refractivity contribution in [3.63, 3.8) is 0 Å². The summed E-state index contributed by atoms with van der Waals surface area (Å²) in [6, 6.07) is 41.5. The van der Waals surface area contributed by atoms with E-state index in [1.165, 1.54) is 0 Å². The van der Waals surface area contributed by atoms with Crippen LogP contribution < -0.4 is 10.4 Å². The fourth-order valence-corrected chi connectivity index (χ4v) is 5.80. The van der Waals surface area contributed by atoms with Crippen LogP contribution >= 0.6 is 0 Å². The molecule has 0 saturated heterocycles. The number of benzene rings is 4. The average Bonchev–Trinajstić information content (AvgIpc) is 3.39. The third-order valence-electron chi connectivity index (χ3n) is 7.51. The zero-order chi connectivity index (χ0) is 27.5. The first-order valence-electron chi connectivity index (χ1n) is 13.6. The van der Waals surface area contributed by atoms with E-state index in [4.69, 9.17) is 4.74 Å². The van der Waals surface area contributed by atoms with Gasteiger partial charge in [-0.05, 0) is 66.4 Å². The highest BCUT2D eigenvalue weighted by molar-refractivity contribution is 5.91. The number of pyridine rings is 1. The highest BCUT2D eigenvalue weighted by atomic mass is 16.5. The number of esters is 1. The largest absolute Gasteiger partial charge is 0.462 e. The van der Waals surface area contributed by atoms with E-state index in [1.807, 2.05) is 62.5 Å². The number of fused-ring (bicyclic) bond motifs is 1. The van der Waals surface area contributed by atoms with Crippen LogP contribution in [0, 0.1) is 6.92 Å². The summed E-state index contributed by atoms with van der Waals surface area (Å²) in [7, 11) is 0. The van der Waals surface area contributed by atoms with E-state index in [0.717, 1.165) is 39.2 Å². The van der Waals surface area contributed by atoms with Gasteiger partial charge in [0.05, 0.1) is 23.9 Å². The second-order valence-electron chi connectivity index (χ2n) is 9.93. The number of carbonyl (C=O) groups excluding carboxylic acids is 1. The number of nitrogens with zero attached hydrogens (tertiary/aromatic N) is 2. The second kappa shape index (κ2) is 10.8. The molecule has 1 aliphatic heterocycles. The lowest BCUT2D eigenvalue weighted by atomic mass is 9.76. The molecule has 1 unspecified atom stereocenters. The molecule has 40 heavy (non-hydrogen) atoms. The molecular weight excluding hydrogens is 494 g/mol. The van der Waals surface area contributed by atoms with Gasteiger partial charge in [0.2, 0.25) is 0 Å². The number of hydrogen-bond donors (Lipinski definition) is 1. The van der Waals surface area contributed by atoms with Gasteiger partial charge < -0.3 is 4.74 Å². The topological polar surface area (TPSA) is 54.5 Å². The smallest absolute Gasteiger partial charge is 0.338 e. The second-order valence-corrected chi connectivity index (χ2v) is 9.93. The molecule has 6 rings (SSSR count). The molecule has 0 aliphatic carbocycles. The zero-order valence-corrected chi connectivity index (χ0v) is 22.6. The maximum Gasteiger partial charge on any atom is 0.338 e. The number of nitrogens with one attached hydrogen (secondary N) is 1. The summed E-state index contributed by atoms with van der Waals surface area (Å²) in [4.78, 5) is 17.3. The van der Waals surface area contributed by atoms with Gasteiger partial charge in [-0.1, -0.05) is 91.0 Å². The van der Waals surface area contributed by atoms with E-state index in [2.05, 4.69) is 94.3 Å². The first kappa shape index (κ1) is 25.5. The third kappa shape index (κ3) is 4.34. The summed E-state index contributed by atoms with van der Waals surface area (Å²) in [6.07, 6.45) is 1.84. The van der Waals surface area contributed by atoms with Crippen LogP contribution in [0.3, 0.4) is 0 Å². The SMILES string of the molecule is CCOC(=O)c1ccc2c(c1)C(c1ccnc(C)c1)NN2C(c1ccccc1)(c1ccccc1)c1ccccc1. The summed E-state index contributed by atoms with van der Waals surface area (Å²) < 4.78 is 5.37. The maximum absolute atomic E-state index is 12.8. The van der Waals surface area contributed by atoms with E-state index >= 15 is 0 Å². The Kier molecular flexibility index (Phi) is 6.89. The summed E-state index contributed by atoms with van der Waals surface area (Å²) in [6.45, 7) is 4.14. The predicted octanol–water partition coefficient (Wildman–Crippen LogP) is 6.97. The Labute approximate surface area is 235 Å². The van der Waals surface area contributed by atoms with Gasteiger partial charge >= 0.3 is 5.97 Å². The van der Waals surface area contributed by atoms with Crippen LogP contribution in [0.15, 0.2) is 128 Å². The lowest BCUT2D eigenvalue weighted by Crippen LogP contribution is -2.53. The normalized spacial score (nSPS) is 14.6. The monoisotopic (exact) mass is 525 g/mol. The van der Waals surface area contributed by atoms with Gasteiger partial charge in [-0.15, -0.1) is 0 Å². The van der Waals surface area contributed by atoms with Crippen molar-refractivity contribution in [3.8, 4) is 0 Å². The Bertz CT molecular complexity index is 1520. The molecule has 0 fully saturated rings. The fraction of sp³-hybridized carbons (Fsp3) is 0.143. The van der Waals surface area contributed by atoms with Gasteiger partial charge in [-0.25, -0.2) is 10.2 Å². The highest BCUT2D eigenvalue weighted by Crippen LogP contribution is 2.49. The van der Waals surface area contributed by atoms with Crippen LogP contribution in [0.5, 0.6) is 0 Å². The molecule has 4 aromatic carbocycles. The van der Waals surface area contributed by atoms with Crippen LogP contribution in [-0.4, -0.2) is 17.6 Å². The predicted molar refractivity (Wildman–Crippen MR) is 158 cm³/mol. The highest BCUT2D eigenvalue weighted by Gasteiger charge is 2.47. The summed E-state index contributed by atoms with van der Waals surface area (Å²) >= 11 is 0. The summed E-state index contributed by atoms with van der Waals surface area (Å²) in [5, 5.41) is 2.28. The van der Waals surface area contributed by atoms with Crippen LogP contribution in [0.2, 0.25) is 0 Å². The third-order valence-corrected chi connectivity index (χ3v) is 7.51. The first-order valence-corrected chi connectivity index (χ1v) is 13.6. The van der Waals surface area contributed by atoms with E-state index in [1.54, 1.807) is 0 Å². The molecule has 1 atom stereocenters. The Balaban J connectivity index is 1.65. The molecule has 1 N–H and O–H groups in total. The average molecular weight is 526 g/mol. The van der Waals surface area contributed by atoms with Gasteiger partial charge in [0, 0.05) is 17.5 Å². The van der Waals surface area contributed by atoms with E-state index in [0.29, 0.717) is 12.2 Å². The summed E-state index contributed by atoms with van der Waals surface area (Å²) in [5.74, 6) is -0.325. The van der Waals surface area contributed by atoms with Crippen molar-refractivity contribution in [2.24, 2.45) is 0 Å². The van der Waals surface area contributed by atoms with Gasteiger partial charge in [-0.2, -0.15) is 0 Å². The maximum atomic E-state index is 12.8. The van der Waals surface area contributed by atoms with Crippen molar-refractivity contribution >= 4 is 11.7 Å². The van der Waals surface area contributed by atoms with Crippen LogP contribution in [0.4, 0.5) is 5.69 Å². The van der Waals surface area contributed by atoms with Crippen LogP contribution in [0.25, 0.3) is 0 Å². The van der Waals surface area contributed by atoms with Crippen molar-refractivity contribution < 1.29 is 9.53 Å². The van der Waals surface area contributed by atoms with Crippen molar-refractivity contribution in [3.05, 3.63) is 167 Å². The fourth-order valence-electron chi connectivity index (χ4n) is 5.80. The number of rotatable bonds is 7. The Morgan fingerprint density at radius 3 is 1.93 bits per heavy atom. The molecule has 5 nitrogen and oxygen atoms in total. The molecule has 0 amide bonds. The molecule has 0 bridgehead atoms. The first-order chi connectivity index (χ1) is 19.6. The number of hydrazine groups is 1. The molecular formula is C35H31N3O2. The van der Waals surface area contributed by atoms with Gasteiger partial charge in [0.1, 0.15) is 5.54 Å². The minimum absolute atomic E-state index is 0.207. The molecule has 0 saturated carbocycles. The number of carbonyl (C=O) groups is 1. The van der Waals surface area contributed by atoms with Crippen LogP contribution in [0.1, 0.15) is 56.8 Å². The molecule has 1 aromatic heterocycles. The summed E-state index contributed by atoms with van der Waals surface area (Å²) in [5.41, 5.74) is 11.0. The minimum Gasteiger partial charge on any atom is -0.462 e. The molecule has 5 aromatic rings. The molecule has 1 aliphatic rings.